The summed E-state index contributed by atoms with van der Waals surface area (Å²) >= 11 is 0. The number of carbonyl (C=O) groups excluding carboxylic acids is 1. The molecule has 1 fully saturated rings. The van der Waals surface area contributed by atoms with Crippen molar-refractivity contribution in [2.24, 2.45) is 5.92 Å². The summed E-state index contributed by atoms with van der Waals surface area (Å²) in [5.74, 6) is 0.217. The molecule has 3 N–H and O–H groups in total. The number of rotatable bonds is 7. The minimum Gasteiger partial charge on any atom is -0.396 e. The molecule has 1 rings (SSSR count). The van der Waals surface area contributed by atoms with Gasteiger partial charge in [-0.2, -0.15) is 0 Å². The Balaban J connectivity index is 2.32. The van der Waals surface area contributed by atoms with Crippen LogP contribution in [0.5, 0.6) is 0 Å². The third-order valence-corrected chi connectivity index (χ3v) is 4.45. The molecule has 20 heavy (non-hydrogen) atoms. The molecule has 118 valence electrons. The van der Waals surface area contributed by atoms with E-state index in [1.807, 2.05) is 0 Å². The summed E-state index contributed by atoms with van der Waals surface area (Å²) in [5, 5.41) is 15.3. The Morgan fingerprint density at radius 1 is 1.30 bits per heavy atom. The summed E-state index contributed by atoms with van der Waals surface area (Å²) < 4.78 is 0. The lowest BCUT2D eigenvalue weighted by Gasteiger charge is -2.31. The van der Waals surface area contributed by atoms with Crippen LogP contribution in [0.3, 0.4) is 0 Å². The summed E-state index contributed by atoms with van der Waals surface area (Å²) in [6.45, 7) is 9.21. The second kappa shape index (κ2) is 9.19. The highest BCUT2D eigenvalue weighted by atomic mass is 16.3. The molecule has 5 nitrogen and oxygen atoms in total. The molecule has 0 heterocycles. The van der Waals surface area contributed by atoms with Gasteiger partial charge in [0.1, 0.15) is 0 Å². The van der Waals surface area contributed by atoms with Crippen LogP contribution in [0.1, 0.15) is 46.5 Å². The van der Waals surface area contributed by atoms with Gasteiger partial charge in [0, 0.05) is 31.2 Å². The van der Waals surface area contributed by atoms with Crippen molar-refractivity contribution in [1.29, 1.82) is 0 Å². The second-order valence-electron chi connectivity index (χ2n) is 5.76. The molecule has 0 spiro atoms. The molecule has 1 aliphatic carbocycles. The zero-order valence-corrected chi connectivity index (χ0v) is 13.2. The summed E-state index contributed by atoms with van der Waals surface area (Å²) in [6.07, 6.45) is 4.28. The first-order valence-electron chi connectivity index (χ1n) is 8.01. The van der Waals surface area contributed by atoms with Gasteiger partial charge >= 0.3 is 6.03 Å². The minimum atomic E-state index is -0.102. The van der Waals surface area contributed by atoms with Gasteiger partial charge in [-0.05, 0) is 32.9 Å². The molecule has 1 aliphatic rings. The van der Waals surface area contributed by atoms with Gasteiger partial charge < -0.3 is 15.7 Å². The number of carbonyl (C=O) groups is 1. The predicted octanol–water partition coefficient (Wildman–Crippen LogP) is 1.57. The zero-order valence-electron chi connectivity index (χ0n) is 13.2. The highest BCUT2D eigenvalue weighted by Crippen LogP contribution is 2.23. The van der Waals surface area contributed by atoms with E-state index in [-0.39, 0.29) is 24.6 Å². The van der Waals surface area contributed by atoms with Gasteiger partial charge in [-0.25, -0.2) is 4.79 Å². The van der Waals surface area contributed by atoms with E-state index in [2.05, 4.69) is 36.3 Å². The Bertz CT molecular complexity index is 282. The lowest BCUT2D eigenvalue weighted by molar-refractivity contribution is 0.152. The Labute approximate surface area is 123 Å². The van der Waals surface area contributed by atoms with Gasteiger partial charge in [0.05, 0.1) is 0 Å². The Hall–Kier alpha value is -0.810. The topological polar surface area (TPSA) is 64.6 Å². The molecule has 2 amide bonds. The van der Waals surface area contributed by atoms with Crippen LogP contribution in [-0.4, -0.2) is 54.4 Å². The molecular formula is C15H31N3O2. The van der Waals surface area contributed by atoms with Crippen LogP contribution in [0.15, 0.2) is 0 Å². The number of hydrogen-bond acceptors (Lipinski definition) is 3. The van der Waals surface area contributed by atoms with Crippen molar-refractivity contribution < 1.29 is 9.90 Å². The standard InChI is InChI=1S/C15H31N3O2/c1-4-18(5-2)12(3)10-16-15(20)17-14-9-7-6-8-13(14)11-19/h12-14,19H,4-11H2,1-3H3,(H2,16,17,20). The first-order chi connectivity index (χ1) is 9.62. The van der Waals surface area contributed by atoms with E-state index in [0.717, 1.165) is 38.8 Å². The normalized spacial score (nSPS) is 24.4. The first kappa shape index (κ1) is 17.2. The fourth-order valence-electron chi connectivity index (χ4n) is 3.05. The number of urea groups is 1. The zero-order chi connectivity index (χ0) is 15.0. The molecule has 0 aromatic rings. The van der Waals surface area contributed by atoms with E-state index < -0.39 is 0 Å². The number of likely N-dealkylation sites (N-methyl/N-ethyl adjacent to an activating group) is 1. The Morgan fingerprint density at radius 2 is 1.95 bits per heavy atom. The minimum absolute atomic E-state index is 0.102. The second-order valence-corrected chi connectivity index (χ2v) is 5.76. The summed E-state index contributed by atoms with van der Waals surface area (Å²) in [7, 11) is 0. The van der Waals surface area contributed by atoms with Gasteiger partial charge in [0.15, 0.2) is 0 Å². The van der Waals surface area contributed by atoms with Crippen molar-refractivity contribution in [3.63, 3.8) is 0 Å². The molecule has 0 saturated heterocycles. The third kappa shape index (κ3) is 5.29. The molecule has 1 saturated carbocycles. The van der Waals surface area contributed by atoms with Gasteiger partial charge in [-0.1, -0.05) is 26.7 Å². The highest BCUT2D eigenvalue weighted by Gasteiger charge is 2.25. The lowest BCUT2D eigenvalue weighted by atomic mass is 9.85. The van der Waals surface area contributed by atoms with Crippen LogP contribution < -0.4 is 10.6 Å². The average Bonchev–Trinajstić information content (AvgIpc) is 2.47. The summed E-state index contributed by atoms with van der Waals surface area (Å²) in [6, 6.07) is 0.364. The maximum absolute atomic E-state index is 12.0. The predicted molar refractivity (Wildman–Crippen MR) is 81.7 cm³/mol. The Kier molecular flexibility index (Phi) is 7.92. The van der Waals surface area contributed by atoms with E-state index in [9.17, 15) is 9.90 Å². The summed E-state index contributed by atoms with van der Waals surface area (Å²) in [4.78, 5) is 14.3. The van der Waals surface area contributed by atoms with E-state index in [1.165, 1.54) is 0 Å². The SMILES string of the molecule is CCN(CC)C(C)CNC(=O)NC1CCCCC1CO. The molecule has 3 atom stereocenters. The van der Waals surface area contributed by atoms with Crippen LogP contribution in [-0.2, 0) is 0 Å². The van der Waals surface area contributed by atoms with Gasteiger partial charge in [0.2, 0.25) is 0 Å². The molecule has 0 aliphatic heterocycles. The van der Waals surface area contributed by atoms with Crippen LogP contribution in [0.4, 0.5) is 4.79 Å². The van der Waals surface area contributed by atoms with E-state index in [1.54, 1.807) is 0 Å². The molecule has 3 unspecified atom stereocenters. The number of aliphatic hydroxyl groups excluding tert-OH is 1. The monoisotopic (exact) mass is 285 g/mol. The smallest absolute Gasteiger partial charge is 0.315 e. The number of nitrogens with zero attached hydrogens (tertiary/aromatic N) is 1. The van der Waals surface area contributed by atoms with Gasteiger partial charge in [0.25, 0.3) is 0 Å². The molecule has 0 bridgehead atoms. The third-order valence-electron chi connectivity index (χ3n) is 4.45. The van der Waals surface area contributed by atoms with Crippen molar-refractivity contribution in [1.82, 2.24) is 15.5 Å². The Morgan fingerprint density at radius 3 is 2.55 bits per heavy atom. The van der Waals surface area contributed by atoms with E-state index in [0.29, 0.717) is 12.6 Å². The quantitative estimate of drug-likeness (QED) is 0.665. The van der Waals surface area contributed by atoms with Crippen molar-refractivity contribution in [2.75, 3.05) is 26.2 Å². The van der Waals surface area contributed by atoms with Crippen LogP contribution >= 0.6 is 0 Å². The van der Waals surface area contributed by atoms with E-state index in [4.69, 9.17) is 0 Å². The lowest BCUT2D eigenvalue weighted by Crippen LogP contribution is -2.50. The van der Waals surface area contributed by atoms with Gasteiger partial charge in [-0.15, -0.1) is 0 Å². The van der Waals surface area contributed by atoms with Crippen molar-refractivity contribution >= 4 is 6.03 Å². The fourth-order valence-corrected chi connectivity index (χ4v) is 3.05. The van der Waals surface area contributed by atoms with Crippen LogP contribution in [0, 0.1) is 5.92 Å². The maximum atomic E-state index is 12.0. The number of amides is 2. The number of aliphatic hydroxyl groups is 1. The van der Waals surface area contributed by atoms with Crippen molar-refractivity contribution in [3.8, 4) is 0 Å². The first-order valence-corrected chi connectivity index (χ1v) is 8.01. The molecule has 0 aromatic carbocycles. The fraction of sp³-hybridized carbons (Fsp3) is 0.933. The van der Waals surface area contributed by atoms with Crippen LogP contribution in [0.2, 0.25) is 0 Å². The molecule has 5 heteroatoms. The largest absolute Gasteiger partial charge is 0.396 e. The van der Waals surface area contributed by atoms with Crippen LogP contribution in [0.25, 0.3) is 0 Å². The van der Waals surface area contributed by atoms with Crippen molar-refractivity contribution in [2.45, 2.75) is 58.5 Å². The van der Waals surface area contributed by atoms with Gasteiger partial charge in [-0.3, -0.25) is 4.90 Å². The molecule has 0 radical (unpaired) electrons. The molecular weight excluding hydrogens is 254 g/mol. The number of nitrogens with one attached hydrogen (secondary N) is 2. The average molecular weight is 285 g/mol. The number of hydrogen-bond donors (Lipinski definition) is 3. The summed E-state index contributed by atoms with van der Waals surface area (Å²) in [5.41, 5.74) is 0. The van der Waals surface area contributed by atoms with Crippen molar-refractivity contribution in [3.05, 3.63) is 0 Å². The molecule has 0 aromatic heterocycles. The highest BCUT2D eigenvalue weighted by molar-refractivity contribution is 5.74. The van der Waals surface area contributed by atoms with E-state index >= 15 is 0 Å². The maximum Gasteiger partial charge on any atom is 0.315 e.